The number of aromatic nitrogens is 1. The summed E-state index contributed by atoms with van der Waals surface area (Å²) < 4.78 is 2.24. The standard InChI is InChI=1S/C16H23N3O/c1-17-10-4-8-16(20)18-11-5-12-19-13-9-14-6-2-3-7-15(14)19/h2-3,6-7,9,13,17H,4-5,8,10-12H2,1H3,(H,18,20). The molecule has 2 aromatic rings. The van der Waals surface area contributed by atoms with Gasteiger partial charge in [-0.3, -0.25) is 4.79 Å². The molecule has 0 aliphatic rings. The number of nitrogens with zero attached hydrogens (tertiary/aromatic N) is 1. The highest BCUT2D eigenvalue weighted by atomic mass is 16.1. The Bertz CT molecular complexity index is 547. The number of carbonyl (C=O) groups excluding carboxylic acids is 1. The van der Waals surface area contributed by atoms with Crippen molar-refractivity contribution >= 4 is 16.8 Å². The van der Waals surface area contributed by atoms with E-state index in [0.717, 1.165) is 32.5 Å². The van der Waals surface area contributed by atoms with Crippen molar-refractivity contribution in [2.75, 3.05) is 20.1 Å². The fourth-order valence-corrected chi connectivity index (χ4v) is 2.33. The second-order valence-corrected chi connectivity index (χ2v) is 4.98. The minimum absolute atomic E-state index is 0.151. The highest BCUT2D eigenvalue weighted by molar-refractivity contribution is 5.79. The number of hydrogen-bond donors (Lipinski definition) is 2. The number of fused-ring (bicyclic) bond motifs is 1. The van der Waals surface area contributed by atoms with E-state index in [-0.39, 0.29) is 5.91 Å². The van der Waals surface area contributed by atoms with Gasteiger partial charge in [0.2, 0.25) is 5.91 Å². The third-order valence-electron chi connectivity index (χ3n) is 3.41. The molecule has 1 heterocycles. The first-order valence-corrected chi connectivity index (χ1v) is 7.26. The third-order valence-corrected chi connectivity index (χ3v) is 3.41. The molecule has 0 saturated heterocycles. The van der Waals surface area contributed by atoms with Crippen LogP contribution in [0, 0.1) is 0 Å². The minimum Gasteiger partial charge on any atom is -0.356 e. The summed E-state index contributed by atoms with van der Waals surface area (Å²) in [6, 6.07) is 10.5. The molecule has 4 nitrogen and oxygen atoms in total. The van der Waals surface area contributed by atoms with E-state index in [4.69, 9.17) is 0 Å². The summed E-state index contributed by atoms with van der Waals surface area (Å²) in [7, 11) is 1.90. The van der Waals surface area contributed by atoms with Gasteiger partial charge in [0, 0.05) is 31.2 Å². The average molecular weight is 273 g/mol. The SMILES string of the molecule is CNCCCC(=O)NCCCn1ccc2ccccc21. The van der Waals surface area contributed by atoms with E-state index < -0.39 is 0 Å². The predicted octanol–water partition coefficient (Wildman–Crippen LogP) is 2.15. The van der Waals surface area contributed by atoms with Crippen molar-refractivity contribution in [1.82, 2.24) is 15.2 Å². The Morgan fingerprint density at radius 2 is 2.00 bits per heavy atom. The number of amides is 1. The van der Waals surface area contributed by atoms with Crippen LogP contribution in [0.15, 0.2) is 36.5 Å². The molecule has 0 bridgehead atoms. The van der Waals surface area contributed by atoms with Crippen LogP contribution in [-0.2, 0) is 11.3 Å². The molecule has 0 spiro atoms. The van der Waals surface area contributed by atoms with Crippen LogP contribution in [-0.4, -0.2) is 30.6 Å². The maximum Gasteiger partial charge on any atom is 0.220 e. The van der Waals surface area contributed by atoms with E-state index in [2.05, 4.69) is 51.7 Å². The molecule has 0 saturated carbocycles. The molecule has 1 amide bonds. The van der Waals surface area contributed by atoms with Crippen molar-refractivity contribution in [3.05, 3.63) is 36.5 Å². The summed E-state index contributed by atoms with van der Waals surface area (Å²) in [6.45, 7) is 2.57. The van der Waals surface area contributed by atoms with Crippen LogP contribution >= 0.6 is 0 Å². The second-order valence-electron chi connectivity index (χ2n) is 4.98. The quantitative estimate of drug-likeness (QED) is 0.724. The molecular weight excluding hydrogens is 250 g/mol. The maximum absolute atomic E-state index is 11.5. The Hall–Kier alpha value is -1.81. The molecule has 20 heavy (non-hydrogen) atoms. The van der Waals surface area contributed by atoms with Crippen LogP contribution in [0.3, 0.4) is 0 Å². The van der Waals surface area contributed by atoms with E-state index in [1.54, 1.807) is 0 Å². The van der Waals surface area contributed by atoms with E-state index in [0.29, 0.717) is 6.42 Å². The van der Waals surface area contributed by atoms with Crippen molar-refractivity contribution in [3.63, 3.8) is 0 Å². The Labute approximate surface area is 120 Å². The van der Waals surface area contributed by atoms with Crippen LogP contribution in [0.25, 0.3) is 10.9 Å². The largest absolute Gasteiger partial charge is 0.356 e. The molecule has 2 rings (SSSR count). The summed E-state index contributed by atoms with van der Waals surface area (Å²) >= 11 is 0. The van der Waals surface area contributed by atoms with Gasteiger partial charge >= 0.3 is 0 Å². The lowest BCUT2D eigenvalue weighted by Crippen LogP contribution is -2.25. The van der Waals surface area contributed by atoms with Crippen molar-refractivity contribution < 1.29 is 4.79 Å². The summed E-state index contributed by atoms with van der Waals surface area (Å²) in [4.78, 5) is 11.5. The molecule has 0 aliphatic heterocycles. The number of aryl methyl sites for hydroxylation is 1. The number of para-hydroxylation sites is 1. The molecule has 1 aromatic heterocycles. The Morgan fingerprint density at radius 1 is 1.15 bits per heavy atom. The van der Waals surface area contributed by atoms with Crippen molar-refractivity contribution in [3.8, 4) is 0 Å². The lowest BCUT2D eigenvalue weighted by atomic mass is 10.2. The summed E-state index contributed by atoms with van der Waals surface area (Å²) in [5, 5.41) is 7.28. The molecule has 0 radical (unpaired) electrons. The molecule has 0 atom stereocenters. The van der Waals surface area contributed by atoms with Gasteiger partial charge in [0.1, 0.15) is 0 Å². The zero-order chi connectivity index (χ0) is 14.2. The number of rotatable bonds is 8. The molecule has 4 heteroatoms. The van der Waals surface area contributed by atoms with Gasteiger partial charge in [0.15, 0.2) is 0 Å². The highest BCUT2D eigenvalue weighted by Gasteiger charge is 2.01. The molecule has 1 aromatic carbocycles. The Kier molecular flexibility index (Phi) is 5.62. The lowest BCUT2D eigenvalue weighted by Gasteiger charge is -2.07. The van der Waals surface area contributed by atoms with Gasteiger partial charge in [0.25, 0.3) is 0 Å². The van der Waals surface area contributed by atoms with Gasteiger partial charge < -0.3 is 15.2 Å². The van der Waals surface area contributed by atoms with E-state index in [1.807, 2.05) is 7.05 Å². The Balaban J connectivity index is 1.70. The second kappa shape index (κ2) is 7.70. The third kappa shape index (κ3) is 4.10. The zero-order valence-electron chi connectivity index (χ0n) is 12.1. The topological polar surface area (TPSA) is 46.1 Å². The van der Waals surface area contributed by atoms with E-state index >= 15 is 0 Å². The average Bonchev–Trinajstić information content (AvgIpc) is 2.87. The summed E-state index contributed by atoms with van der Waals surface area (Å²) in [6.07, 6.45) is 4.56. The molecule has 0 aliphatic carbocycles. The van der Waals surface area contributed by atoms with Gasteiger partial charge in [-0.1, -0.05) is 18.2 Å². The van der Waals surface area contributed by atoms with Gasteiger partial charge in [-0.15, -0.1) is 0 Å². The van der Waals surface area contributed by atoms with Crippen LogP contribution in [0.1, 0.15) is 19.3 Å². The molecular formula is C16H23N3O. The summed E-state index contributed by atoms with van der Waals surface area (Å²) in [5.41, 5.74) is 1.26. The minimum atomic E-state index is 0.151. The normalized spacial score (nSPS) is 10.8. The first-order valence-electron chi connectivity index (χ1n) is 7.26. The van der Waals surface area contributed by atoms with E-state index in [9.17, 15) is 4.79 Å². The van der Waals surface area contributed by atoms with Gasteiger partial charge in [-0.2, -0.15) is 0 Å². The van der Waals surface area contributed by atoms with Gasteiger partial charge in [0.05, 0.1) is 0 Å². The molecule has 108 valence electrons. The number of carbonyl (C=O) groups is 1. The zero-order valence-corrected chi connectivity index (χ0v) is 12.1. The number of hydrogen-bond acceptors (Lipinski definition) is 2. The van der Waals surface area contributed by atoms with Gasteiger partial charge in [-0.05, 0) is 44.0 Å². The number of benzene rings is 1. The summed E-state index contributed by atoms with van der Waals surface area (Å²) in [5.74, 6) is 0.151. The van der Waals surface area contributed by atoms with Crippen LogP contribution in [0.5, 0.6) is 0 Å². The molecule has 0 fully saturated rings. The van der Waals surface area contributed by atoms with Crippen molar-refractivity contribution in [1.29, 1.82) is 0 Å². The van der Waals surface area contributed by atoms with Crippen LogP contribution in [0.4, 0.5) is 0 Å². The van der Waals surface area contributed by atoms with Crippen molar-refractivity contribution in [2.45, 2.75) is 25.8 Å². The first kappa shape index (κ1) is 14.6. The van der Waals surface area contributed by atoms with Gasteiger partial charge in [-0.25, -0.2) is 0 Å². The fourth-order valence-electron chi connectivity index (χ4n) is 2.33. The Morgan fingerprint density at radius 3 is 2.85 bits per heavy atom. The van der Waals surface area contributed by atoms with Crippen molar-refractivity contribution in [2.24, 2.45) is 0 Å². The molecule has 2 N–H and O–H groups in total. The highest BCUT2D eigenvalue weighted by Crippen LogP contribution is 2.15. The first-order chi connectivity index (χ1) is 9.81. The maximum atomic E-state index is 11.5. The van der Waals surface area contributed by atoms with E-state index in [1.165, 1.54) is 10.9 Å². The lowest BCUT2D eigenvalue weighted by molar-refractivity contribution is -0.121. The fraction of sp³-hybridized carbons (Fsp3) is 0.438. The predicted molar refractivity (Wildman–Crippen MR) is 82.7 cm³/mol. The smallest absolute Gasteiger partial charge is 0.220 e. The van der Waals surface area contributed by atoms with Crippen LogP contribution in [0.2, 0.25) is 0 Å². The monoisotopic (exact) mass is 273 g/mol. The molecule has 0 unspecified atom stereocenters. The van der Waals surface area contributed by atoms with Crippen LogP contribution < -0.4 is 10.6 Å². The number of nitrogens with one attached hydrogen (secondary N) is 2.